The molecule has 1 spiro atoms. The summed E-state index contributed by atoms with van der Waals surface area (Å²) in [4.78, 5) is 39.8. The first kappa shape index (κ1) is 20.3. The minimum absolute atomic E-state index is 0.106. The monoisotopic (exact) mass is 415 g/mol. The van der Waals surface area contributed by atoms with E-state index in [4.69, 9.17) is 0 Å². The van der Waals surface area contributed by atoms with Crippen molar-refractivity contribution >= 4 is 17.8 Å². The third kappa shape index (κ3) is 3.44. The molecule has 6 rings (SSSR count). The molecule has 1 atom stereocenters. The Morgan fingerprint density at radius 2 is 1.53 bits per heavy atom. The van der Waals surface area contributed by atoms with Gasteiger partial charge in [-0.1, -0.05) is 32.1 Å². The van der Waals surface area contributed by atoms with E-state index in [0.29, 0.717) is 12.8 Å². The zero-order valence-corrected chi connectivity index (χ0v) is 18.4. The van der Waals surface area contributed by atoms with E-state index in [1.165, 1.54) is 49.8 Å². The molecule has 0 unspecified atom stereocenters. The molecule has 1 heterocycles. The summed E-state index contributed by atoms with van der Waals surface area (Å²) in [5, 5.41) is 6.17. The molecular weight excluding hydrogens is 378 g/mol. The van der Waals surface area contributed by atoms with Crippen molar-refractivity contribution in [3.8, 4) is 0 Å². The molecule has 30 heavy (non-hydrogen) atoms. The molecule has 6 fully saturated rings. The summed E-state index contributed by atoms with van der Waals surface area (Å²) >= 11 is 0. The minimum Gasteiger partial charge on any atom is -0.352 e. The third-order valence-corrected chi connectivity index (χ3v) is 9.14. The smallest absolute Gasteiger partial charge is 0.325 e. The first-order valence-corrected chi connectivity index (χ1v) is 12.3. The van der Waals surface area contributed by atoms with Crippen molar-refractivity contribution in [2.75, 3.05) is 6.54 Å². The zero-order chi connectivity index (χ0) is 20.9. The summed E-state index contributed by atoms with van der Waals surface area (Å²) in [6.45, 7) is 2.00. The lowest BCUT2D eigenvalue weighted by molar-refractivity contribution is -0.136. The third-order valence-electron chi connectivity index (χ3n) is 9.14. The summed E-state index contributed by atoms with van der Waals surface area (Å²) in [5.74, 6) is 2.12. The number of urea groups is 1. The van der Waals surface area contributed by atoms with Gasteiger partial charge in [0.1, 0.15) is 12.1 Å². The Bertz CT molecular complexity index is 690. The van der Waals surface area contributed by atoms with Crippen LogP contribution >= 0.6 is 0 Å². The Morgan fingerprint density at radius 3 is 2.10 bits per heavy atom. The van der Waals surface area contributed by atoms with Crippen LogP contribution in [0.5, 0.6) is 0 Å². The van der Waals surface area contributed by atoms with Crippen LogP contribution in [0.25, 0.3) is 0 Å². The second-order valence-electron chi connectivity index (χ2n) is 11.2. The maximum atomic E-state index is 13.2. The maximum Gasteiger partial charge on any atom is 0.325 e. The molecule has 1 saturated heterocycles. The first-order valence-electron chi connectivity index (χ1n) is 12.3. The van der Waals surface area contributed by atoms with Gasteiger partial charge in [-0.05, 0) is 81.5 Å². The second kappa shape index (κ2) is 7.52. The molecule has 5 saturated carbocycles. The fourth-order valence-electron chi connectivity index (χ4n) is 7.96. The zero-order valence-electron chi connectivity index (χ0n) is 18.4. The van der Waals surface area contributed by atoms with Crippen LogP contribution in [0.1, 0.15) is 90.4 Å². The quantitative estimate of drug-likeness (QED) is 0.687. The molecule has 6 aliphatic rings. The Kier molecular flexibility index (Phi) is 5.10. The predicted octanol–water partition coefficient (Wildman–Crippen LogP) is 3.74. The van der Waals surface area contributed by atoms with Gasteiger partial charge in [0.2, 0.25) is 5.91 Å². The van der Waals surface area contributed by atoms with E-state index >= 15 is 0 Å². The van der Waals surface area contributed by atoms with E-state index in [2.05, 4.69) is 17.6 Å². The summed E-state index contributed by atoms with van der Waals surface area (Å²) in [7, 11) is 0. The van der Waals surface area contributed by atoms with Crippen LogP contribution in [0.15, 0.2) is 0 Å². The standard InChI is InChI=1S/C24H37N3O3/c1-16(23-12-17-9-18(13-23)11-19(10-17)14-23)25-20(28)15-27-21(29)24(26-22(27)30)7-5-3-2-4-6-8-24/h16-19H,2-15H2,1H3,(H,25,28)(H,26,30)/t16-,17?,18?,19?,23?/m1/s1. The highest BCUT2D eigenvalue weighted by Crippen LogP contribution is 2.61. The molecule has 2 N–H and O–H groups in total. The molecule has 0 radical (unpaired) electrons. The van der Waals surface area contributed by atoms with E-state index in [9.17, 15) is 14.4 Å². The van der Waals surface area contributed by atoms with Gasteiger partial charge in [-0.15, -0.1) is 0 Å². The average Bonchev–Trinajstić information content (AvgIpc) is 2.88. The Balaban J connectivity index is 1.22. The van der Waals surface area contributed by atoms with Gasteiger partial charge in [0.15, 0.2) is 0 Å². The van der Waals surface area contributed by atoms with Crippen molar-refractivity contribution in [3.63, 3.8) is 0 Å². The molecule has 0 aromatic rings. The molecule has 0 aromatic heterocycles. The lowest BCUT2D eigenvalue weighted by atomic mass is 9.48. The highest BCUT2D eigenvalue weighted by molar-refractivity contribution is 6.09. The minimum atomic E-state index is -0.774. The van der Waals surface area contributed by atoms with Crippen LogP contribution in [0.2, 0.25) is 0 Å². The van der Waals surface area contributed by atoms with Crippen molar-refractivity contribution in [2.24, 2.45) is 23.2 Å². The summed E-state index contributed by atoms with van der Waals surface area (Å²) in [6, 6.07) is -0.285. The number of nitrogens with zero attached hydrogens (tertiary/aromatic N) is 1. The van der Waals surface area contributed by atoms with Crippen molar-refractivity contribution in [1.82, 2.24) is 15.5 Å². The molecule has 166 valence electrons. The largest absolute Gasteiger partial charge is 0.352 e. The van der Waals surface area contributed by atoms with Crippen LogP contribution in [0.3, 0.4) is 0 Å². The lowest BCUT2D eigenvalue weighted by Crippen LogP contribution is -2.57. The van der Waals surface area contributed by atoms with Crippen LogP contribution in [0, 0.1) is 23.2 Å². The van der Waals surface area contributed by atoms with Crippen LogP contribution in [0.4, 0.5) is 4.79 Å². The van der Waals surface area contributed by atoms with Gasteiger partial charge in [0.25, 0.3) is 5.91 Å². The highest BCUT2D eigenvalue weighted by Gasteiger charge is 2.54. The molecule has 4 amide bonds. The second-order valence-corrected chi connectivity index (χ2v) is 11.2. The number of carbonyl (C=O) groups excluding carboxylic acids is 3. The van der Waals surface area contributed by atoms with Crippen LogP contribution < -0.4 is 10.6 Å². The average molecular weight is 416 g/mol. The molecule has 4 bridgehead atoms. The van der Waals surface area contributed by atoms with Crippen molar-refractivity contribution < 1.29 is 14.4 Å². The molecule has 6 heteroatoms. The van der Waals surface area contributed by atoms with Crippen LogP contribution in [-0.4, -0.2) is 40.9 Å². The number of nitrogens with one attached hydrogen (secondary N) is 2. The van der Waals surface area contributed by atoms with Crippen LogP contribution in [-0.2, 0) is 9.59 Å². The topological polar surface area (TPSA) is 78.5 Å². The Labute approximate surface area is 179 Å². The van der Waals surface area contributed by atoms with E-state index in [-0.39, 0.29) is 29.8 Å². The van der Waals surface area contributed by atoms with Gasteiger partial charge in [-0.25, -0.2) is 4.79 Å². The number of hydrogen-bond acceptors (Lipinski definition) is 3. The molecule has 5 aliphatic carbocycles. The molecular formula is C24H37N3O3. The number of hydrogen-bond donors (Lipinski definition) is 2. The summed E-state index contributed by atoms with van der Waals surface area (Å²) in [5.41, 5.74) is -0.550. The maximum absolute atomic E-state index is 13.2. The van der Waals surface area contributed by atoms with Gasteiger partial charge in [0.05, 0.1) is 0 Å². The van der Waals surface area contributed by atoms with E-state index < -0.39 is 11.6 Å². The van der Waals surface area contributed by atoms with Gasteiger partial charge >= 0.3 is 6.03 Å². The number of carbonyl (C=O) groups is 3. The lowest BCUT2D eigenvalue weighted by Gasteiger charge is -2.59. The first-order chi connectivity index (χ1) is 14.4. The summed E-state index contributed by atoms with van der Waals surface area (Å²) in [6.07, 6.45) is 14.5. The molecule has 1 aliphatic heterocycles. The summed E-state index contributed by atoms with van der Waals surface area (Å²) < 4.78 is 0. The van der Waals surface area contributed by atoms with Crippen molar-refractivity contribution in [3.05, 3.63) is 0 Å². The fraction of sp³-hybridized carbons (Fsp3) is 0.875. The SMILES string of the molecule is C[C@@H](NC(=O)CN1C(=O)NC2(CCCCCCC2)C1=O)C12CC3CC(CC(C3)C1)C2. The highest BCUT2D eigenvalue weighted by atomic mass is 16.2. The van der Waals surface area contributed by atoms with E-state index in [0.717, 1.165) is 43.4 Å². The number of rotatable bonds is 4. The fourth-order valence-corrected chi connectivity index (χ4v) is 7.96. The van der Waals surface area contributed by atoms with Gasteiger partial charge in [-0.3, -0.25) is 14.5 Å². The molecule has 0 aromatic carbocycles. The normalized spacial score (nSPS) is 38.3. The predicted molar refractivity (Wildman–Crippen MR) is 114 cm³/mol. The van der Waals surface area contributed by atoms with Gasteiger partial charge in [-0.2, -0.15) is 0 Å². The van der Waals surface area contributed by atoms with Gasteiger partial charge in [0, 0.05) is 6.04 Å². The Morgan fingerprint density at radius 1 is 1.00 bits per heavy atom. The molecule has 6 nitrogen and oxygen atoms in total. The van der Waals surface area contributed by atoms with Gasteiger partial charge < -0.3 is 10.6 Å². The van der Waals surface area contributed by atoms with Crippen molar-refractivity contribution in [1.29, 1.82) is 0 Å². The Hall–Kier alpha value is -1.59. The number of imide groups is 1. The van der Waals surface area contributed by atoms with E-state index in [1.54, 1.807) is 0 Å². The van der Waals surface area contributed by atoms with E-state index in [1.807, 2.05) is 0 Å². The van der Waals surface area contributed by atoms with Crippen molar-refractivity contribution in [2.45, 2.75) is 102 Å². The number of amides is 4.